The van der Waals surface area contributed by atoms with E-state index in [4.69, 9.17) is 0 Å². The van der Waals surface area contributed by atoms with Gasteiger partial charge in [0.15, 0.2) is 0 Å². The van der Waals surface area contributed by atoms with Gasteiger partial charge in [0.2, 0.25) is 0 Å². The Morgan fingerprint density at radius 2 is 2.25 bits per heavy atom. The van der Waals surface area contributed by atoms with Crippen molar-refractivity contribution in [1.29, 1.82) is 0 Å². The summed E-state index contributed by atoms with van der Waals surface area (Å²) < 4.78 is 0.808. The first-order valence-corrected chi connectivity index (χ1v) is 7.55. The number of aromatic amines is 1. The Bertz CT molecular complexity index is 736. The third kappa shape index (κ3) is 2.66. The van der Waals surface area contributed by atoms with Crippen LogP contribution in [0.2, 0.25) is 0 Å². The summed E-state index contributed by atoms with van der Waals surface area (Å²) in [6, 6.07) is 9.43. The first-order chi connectivity index (χ1) is 9.74. The molecule has 0 saturated heterocycles. The second-order valence-electron chi connectivity index (χ2n) is 4.07. The molecular formula is C14H10BrN3OS. The number of hydrogen-bond donors (Lipinski definition) is 2. The molecule has 0 bridgehead atoms. The molecular weight excluding hydrogens is 338 g/mol. The molecule has 20 heavy (non-hydrogen) atoms. The average Bonchev–Trinajstić information content (AvgIpc) is 3.09. The van der Waals surface area contributed by atoms with Crippen molar-refractivity contribution in [2.75, 3.05) is 5.32 Å². The van der Waals surface area contributed by atoms with E-state index in [2.05, 4.69) is 31.2 Å². The van der Waals surface area contributed by atoms with Gasteiger partial charge in [-0.05, 0) is 39.5 Å². The van der Waals surface area contributed by atoms with Gasteiger partial charge in [0.1, 0.15) is 10.7 Å². The minimum Gasteiger partial charge on any atom is -0.345 e. The van der Waals surface area contributed by atoms with Gasteiger partial charge in [-0.2, -0.15) is 0 Å². The highest BCUT2D eigenvalue weighted by Crippen LogP contribution is 2.25. The maximum absolute atomic E-state index is 12.1. The van der Waals surface area contributed by atoms with Gasteiger partial charge in [-0.1, -0.05) is 12.1 Å². The molecule has 2 N–H and O–H groups in total. The number of H-pyrrole nitrogens is 1. The summed E-state index contributed by atoms with van der Waals surface area (Å²) in [6.07, 6.45) is 3.46. The number of halogens is 1. The number of carbonyl (C=O) groups excluding carboxylic acids is 1. The molecule has 0 saturated carbocycles. The van der Waals surface area contributed by atoms with Gasteiger partial charge >= 0.3 is 0 Å². The molecule has 0 fully saturated rings. The highest BCUT2D eigenvalue weighted by molar-refractivity contribution is 9.10. The van der Waals surface area contributed by atoms with Gasteiger partial charge in [0.25, 0.3) is 5.91 Å². The van der Waals surface area contributed by atoms with Crippen LogP contribution in [-0.2, 0) is 0 Å². The number of nitrogens with zero attached hydrogens (tertiary/aromatic N) is 1. The van der Waals surface area contributed by atoms with E-state index in [1.54, 1.807) is 12.4 Å². The molecule has 6 heteroatoms. The smallest absolute Gasteiger partial charge is 0.266 e. The predicted octanol–water partition coefficient (Wildman–Crippen LogP) is 4.15. The van der Waals surface area contributed by atoms with Crippen LogP contribution in [0.4, 0.5) is 5.69 Å². The summed E-state index contributed by atoms with van der Waals surface area (Å²) in [4.78, 5) is 20.0. The molecule has 1 aromatic carbocycles. The van der Waals surface area contributed by atoms with Crippen molar-refractivity contribution in [2.45, 2.75) is 0 Å². The zero-order valence-corrected chi connectivity index (χ0v) is 12.7. The lowest BCUT2D eigenvalue weighted by Crippen LogP contribution is -2.10. The van der Waals surface area contributed by atoms with E-state index in [9.17, 15) is 4.79 Å². The lowest BCUT2D eigenvalue weighted by molar-refractivity contribution is 0.103. The van der Waals surface area contributed by atoms with Crippen LogP contribution in [0.25, 0.3) is 11.4 Å². The van der Waals surface area contributed by atoms with Gasteiger partial charge in [-0.25, -0.2) is 4.98 Å². The number of nitrogens with one attached hydrogen (secondary N) is 2. The first-order valence-electron chi connectivity index (χ1n) is 5.88. The van der Waals surface area contributed by atoms with Gasteiger partial charge in [0, 0.05) is 28.1 Å². The van der Waals surface area contributed by atoms with Crippen molar-refractivity contribution < 1.29 is 4.79 Å². The summed E-state index contributed by atoms with van der Waals surface area (Å²) in [5.74, 6) is 0.655. The third-order valence-electron chi connectivity index (χ3n) is 2.72. The minimum absolute atomic E-state index is 0.122. The number of amides is 1. The quantitative estimate of drug-likeness (QED) is 0.747. The molecule has 0 atom stereocenters. The molecule has 0 spiro atoms. The summed E-state index contributed by atoms with van der Waals surface area (Å²) in [7, 11) is 0. The van der Waals surface area contributed by atoms with Gasteiger partial charge in [0.05, 0.1) is 0 Å². The Morgan fingerprint density at radius 3 is 2.95 bits per heavy atom. The molecule has 3 aromatic rings. The topological polar surface area (TPSA) is 57.8 Å². The largest absolute Gasteiger partial charge is 0.345 e. The first kappa shape index (κ1) is 13.1. The normalized spacial score (nSPS) is 10.4. The van der Waals surface area contributed by atoms with Crippen LogP contribution < -0.4 is 5.32 Å². The Hall–Kier alpha value is -1.92. The molecule has 0 unspecified atom stereocenters. The summed E-state index contributed by atoms with van der Waals surface area (Å²) in [5.41, 5.74) is 1.67. The van der Waals surface area contributed by atoms with Crippen molar-refractivity contribution in [1.82, 2.24) is 9.97 Å². The van der Waals surface area contributed by atoms with E-state index in [1.807, 2.05) is 35.7 Å². The molecule has 0 aliphatic carbocycles. The Labute approximate surface area is 128 Å². The molecule has 2 aromatic heterocycles. The molecule has 4 nitrogen and oxygen atoms in total. The lowest BCUT2D eigenvalue weighted by atomic mass is 10.2. The third-order valence-corrected chi connectivity index (χ3v) is 4.55. The van der Waals surface area contributed by atoms with Crippen LogP contribution in [0.1, 0.15) is 9.67 Å². The fourth-order valence-electron chi connectivity index (χ4n) is 1.81. The van der Waals surface area contributed by atoms with E-state index in [0.717, 1.165) is 21.5 Å². The zero-order valence-electron chi connectivity index (χ0n) is 10.3. The molecule has 0 radical (unpaired) electrons. The number of aromatic nitrogens is 2. The molecule has 3 rings (SSSR count). The van der Waals surface area contributed by atoms with E-state index < -0.39 is 0 Å². The predicted molar refractivity (Wildman–Crippen MR) is 84.0 cm³/mol. The zero-order chi connectivity index (χ0) is 13.9. The summed E-state index contributed by atoms with van der Waals surface area (Å²) in [6.45, 7) is 0. The van der Waals surface area contributed by atoms with Crippen LogP contribution in [-0.4, -0.2) is 15.9 Å². The number of hydrogen-bond acceptors (Lipinski definition) is 3. The lowest BCUT2D eigenvalue weighted by Gasteiger charge is -2.05. The standard InChI is InChI=1S/C14H10BrN3OS/c15-11-4-7-20-12(11)14(19)18-10-3-1-2-9(8-10)13-16-5-6-17-13/h1-8H,(H,16,17)(H,18,19). The SMILES string of the molecule is O=C(Nc1cccc(-c2ncc[nH]2)c1)c1sccc1Br. The number of carbonyl (C=O) groups is 1. The number of benzene rings is 1. The van der Waals surface area contributed by atoms with Crippen LogP contribution >= 0.6 is 27.3 Å². The Kier molecular flexibility index (Phi) is 3.66. The van der Waals surface area contributed by atoms with Gasteiger partial charge in [-0.15, -0.1) is 11.3 Å². The second-order valence-corrected chi connectivity index (χ2v) is 5.84. The fraction of sp³-hybridized carbons (Fsp3) is 0. The highest BCUT2D eigenvalue weighted by Gasteiger charge is 2.12. The van der Waals surface area contributed by atoms with E-state index in [1.165, 1.54) is 11.3 Å². The number of anilines is 1. The van der Waals surface area contributed by atoms with Crippen LogP contribution in [0, 0.1) is 0 Å². The van der Waals surface area contributed by atoms with Crippen molar-refractivity contribution in [3.8, 4) is 11.4 Å². The van der Waals surface area contributed by atoms with E-state index >= 15 is 0 Å². The molecule has 0 aliphatic heterocycles. The summed E-state index contributed by atoms with van der Waals surface area (Å²) >= 11 is 4.76. The Balaban J connectivity index is 1.83. The molecule has 1 amide bonds. The summed E-state index contributed by atoms with van der Waals surface area (Å²) in [5, 5.41) is 4.76. The fourth-order valence-corrected chi connectivity index (χ4v) is 3.26. The van der Waals surface area contributed by atoms with E-state index in [0.29, 0.717) is 4.88 Å². The number of thiophene rings is 1. The highest BCUT2D eigenvalue weighted by atomic mass is 79.9. The Morgan fingerprint density at radius 1 is 1.35 bits per heavy atom. The average molecular weight is 348 g/mol. The van der Waals surface area contributed by atoms with Crippen molar-refractivity contribution in [3.05, 3.63) is 57.5 Å². The molecule has 0 aliphatic rings. The van der Waals surface area contributed by atoms with Crippen LogP contribution in [0.5, 0.6) is 0 Å². The van der Waals surface area contributed by atoms with Crippen molar-refractivity contribution in [2.24, 2.45) is 0 Å². The van der Waals surface area contributed by atoms with Crippen molar-refractivity contribution >= 4 is 38.9 Å². The van der Waals surface area contributed by atoms with E-state index in [-0.39, 0.29) is 5.91 Å². The second kappa shape index (κ2) is 5.60. The molecule has 2 heterocycles. The monoisotopic (exact) mass is 347 g/mol. The van der Waals surface area contributed by atoms with Crippen molar-refractivity contribution in [3.63, 3.8) is 0 Å². The van der Waals surface area contributed by atoms with Crippen LogP contribution in [0.15, 0.2) is 52.6 Å². The number of imidazole rings is 1. The minimum atomic E-state index is -0.122. The molecule has 100 valence electrons. The van der Waals surface area contributed by atoms with Gasteiger partial charge < -0.3 is 10.3 Å². The number of rotatable bonds is 3. The van der Waals surface area contributed by atoms with Crippen LogP contribution in [0.3, 0.4) is 0 Å². The maximum atomic E-state index is 12.1. The maximum Gasteiger partial charge on any atom is 0.266 e. The van der Waals surface area contributed by atoms with Gasteiger partial charge in [-0.3, -0.25) is 4.79 Å².